The fraction of sp³-hybridized carbons (Fsp3) is 0.182. The summed E-state index contributed by atoms with van der Waals surface area (Å²) in [6.45, 7) is 2.12. The second kappa shape index (κ2) is 3.74. The maximum Gasteiger partial charge on any atom is 0.275 e. The second-order valence-electron chi connectivity index (χ2n) is 3.40. The van der Waals surface area contributed by atoms with Crippen LogP contribution in [0, 0.1) is 6.92 Å². The lowest BCUT2D eigenvalue weighted by molar-refractivity contribution is 0.834. The molecule has 78 valence electrons. The molecule has 2 rings (SSSR count). The highest BCUT2D eigenvalue weighted by Crippen LogP contribution is 2.05. The van der Waals surface area contributed by atoms with Crippen molar-refractivity contribution in [1.82, 2.24) is 9.78 Å². The fourth-order valence-electron chi connectivity index (χ4n) is 1.58. The number of hydrogen-bond donors (Lipinski definition) is 2. The minimum absolute atomic E-state index is 0.0683. The first-order valence-corrected chi connectivity index (χ1v) is 4.80. The lowest BCUT2D eigenvalue weighted by Crippen LogP contribution is -2.19. The molecule has 0 saturated carbocycles. The summed E-state index contributed by atoms with van der Waals surface area (Å²) >= 11 is 0. The van der Waals surface area contributed by atoms with Crippen LogP contribution in [0.15, 0.2) is 35.1 Å². The summed E-state index contributed by atoms with van der Waals surface area (Å²) in [6.07, 6.45) is 0. The summed E-state index contributed by atoms with van der Waals surface area (Å²) in [6, 6.07) is 9.43. The molecule has 2 aromatic rings. The van der Waals surface area contributed by atoms with Crippen molar-refractivity contribution in [1.29, 1.82) is 0 Å². The summed E-state index contributed by atoms with van der Waals surface area (Å²) in [5, 5.41) is 3.00. The average molecular weight is 203 g/mol. The van der Waals surface area contributed by atoms with Crippen LogP contribution >= 0.6 is 0 Å². The van der Waals surface area contributed by atoms with Gasteiger partial charge >= 0.3 is 0 Å². The molecule has 0 aliphatic heterocycles. The monoisotopic (exact) mass is 203 g/mol. The summed E-state index contributed by atoms with van der Waals surface area (Å²) in [4.78, 5) is 11.9. The number of nitrogens with two attached hydrogens (primary N) is 1. The first-order valence-electron chi connectivity index (χ1n) is 4.80. The predicted octanol–water partition coefficient (Wildman–Crippen LogP) is 0.933. The normalized spacial score (nSPS) is 10.5. The Morgan fingerprint density at radius 1 is 1.33 bits per heavy atom. The molecule has 0 fully saturated rings. The third kappa shape index (κ3) is 1.59. The van der Waals surface area contributed by atoms with Crippen LogP contribution in [-0.4, -0.2) is 9.78 Å². The van der Waals surface area contributed by atoms with Crippen molar-refractivity contribution in [2.45, 2.75) is 13.5 Å². The van der Waals surface area contributed by atoms with E-state index in [1.165, 1.54) is 4.68 Å². The summed E-state index contributed by atoms with van der Waals surface area (Å²) in [5.41, 5.74) is 7.73. The van der Waals surface area contributed by atoms with Crippen LogP contribution in [-0.2, 0) is 6.54 Å². The van der Waals surface area contributed by atoms with Crippen LogP contribution < -0.4 is 11.3 Å². The molecule has 0 amide bonds. The van der Waals surface area contributed by atoms with Crippen molar-refractivity contribution in [3.05, 3.63) is 51.9 Å². The van der Waals surface area contributed by atoms with Gasteiger partial charge in [0.15, 0.2) is 0 Å². The molecular formula is C11H13N3O. The van der Waals surface area contributed by atoms with Crippen molar-refractivity contribution in [3.63, 3.8) is 0 Å². The lowest BCUT2D eigenvalue weighted by Gasteiger charge is -1.99. The van der Waals surface area contributed by atoms with Crippen molar-refractivity contribution in [2.24, 2.45) is 5.73 Å². The minimum atomic E-state index is -0.0683. The number of H-pyrrole nitrogens is 1. The van der Waals surface area contributed by atoms with E-state index in [0.29, 0.717) is 5.56 Å². The van der Waals surface area contributed by atoms with Gasteiger partial charge in [0.25, 0.3) is 5.56 Å². The number of aromatic nitrogens is 2. The Labute approximate surface area is 87.3 Å². The van der Waals surface area contributed by atoms with Gasteiger partial charge in [0.05, 0.1) is 11.3 Å². The summed E-state index contributed by atoms with van der Waals surface area (Å²) in [7, 11) is 0. The fourth-order valence-corrected chi connectivity index (χ4v) is 1.58. The number of aryl methyl sites for hydroxylation is 1. The molecule has 0 aliphatic carbocycles. The maximum absolute atomic E-state index is 11.9. The minimum Gasteiger partial charge on any atom is -0.326 e. The highest BCUT2D eigenvalue weighted by atomic mass is 16.1. The van der Waals surface area contributed by atoms with Crippen LogP contribution in [0.3, 0.4) is 0 Å². The Morgan fingerprint density at radius 3 is 2.53 bits per heavy atom. The molecule has 0 radical (unpaired) electrons. The Morgan fingerprint density at radius 2 is 2.00 bits per heavy atom. The highest BCUT2D eigenvalue weighted by molar-refractivity contribution is 5.32. The third-order valence-corrected chi connectivity index (χ3v) is 2.41. The van der Waals surface area contributed by atoms with Gasteiger partial charge in [0.2, 0.25) is 0 Å². The quantitative estimate of drug-likeness (QED) is 0.762. The van der Waals surface area contributed by atoms with E-state index in [1.807, 2.05) is 37.3 Å². The molecule has 0 unspecified atom stereocenters. The van der Waals surface area contributed by atoms with E-state index in [4.69, 9.17) is 5.73 Å². The van der Waals surface area contributed by atoms with E-state index in [0.717, 1.165) is 11.4 Å². The van der Waals surface area contributed by atoms with Crippen molar-refractivity contribution in [3.8, 4) is 5.69 Å². The number of benzene rings is 1. The first kappa shape index (κ1) is 9.73. The Balaban J connectivity index is 2.61. The van der Waals surface area contributed by atoms with Crippen molar-refractivity contribution >= 4 is 0 Å². The Hall–Kier alpha value is -1.81. The van der Waals surface area contributed by atoms with Crippen LogP contribution in [0.2, 0.25) is 0 Å². The molecule has 0 bridgehead atoms. The zero-order chi connectivity index (χ0) is 10.8. The van der Waals surface area contributed by atoms with Gasteiger partial charge in [-0.25, -0.2) is 4.68 Å². The molecule has 4 heteroatoms. The molecule has 1 aromatic heterocycles. The summed E-state index contributed by atoms with van der Waals surface area (Å²) in [5.74, 6) is 0. The Bertz CT molecular complexity index is 510. The molecular weight excluding hydrogens is 190 g/mol. The van der Waals surface area contributed by atoms with E-state index in [-0.39, 0.29) is 12.1 Å². The van der Waals surface area contributed by atoms with Gasteiger partial charge in [-0.2, -0.15) is 0 Å². The molecule has 1 heterocycles. The molecule has 0 atom stereocenters. The van der Waals surface area contributed by atoms with Crippen LogP contribution in [0.5, 0.6) is 0 Å². The van der Waals surface area contributed by atoms with Gasteiger partial charge in [-0.1, -0.05) is 18.2 Å². The van der Waals surface area contributed by atoms with Gasteiger partial charge in [-0.3, -0.25) is 9.89 Å². The van der Waals surface area contributed by atoms with E-state index in [1.54, 1.807) is 0 Å². The lowest BCUT2D eigenvalue weighted by atomic mass is 10.2. The molecule has 0 spiro atoms. The van der Waals surface area contributed by atoms with E-state index in [9.17, 15) is 4.79 Å². The molecule has 4 nitrogen and oxygen atoms in total. The zero-order valence-electron chi connectivity index (χ0n) is 8.53. The van der Waals surface area contributed by atoms with Gasteiger partial charge in [0.1, 0.15) is 0 Å². The summed E-state index contributed by atoms with van der Waals surface area (Å²) < 4.78 is 1.51. The number of nitrogens with one attached hydrogen (secondary N) is 1. The second-order valence-corrected chi connectivity index (χ2v) is 3.40. The molecule has 1 aromatic carbocycles. The number of para-hydroxylation sites is 1. The average Bonchev–Trinajstić information content (AvgIpc) is 2.55. The van der Waals surface area contributed by atoms with Gasteiger partial charge < -0.3 is 5.73 Å². The zero-order valence-corrected chi connectivity index (χ0v) is 8.53. The number of nitrogens with zero attached hydrogens (tertiary/aromatic N) is 1. The Kier molecular flexibility index (Phi) is 2.43. The van der Waals surface area contributed by atoms with Gasteiger partial charge in [0, 0.05) is 12.2 Å². The molecule has 15 heavy (non-hydrogen) atoms. The van der Waals surface area contributed by atoms with Crippen LogP contribution in [0.1, 0.15) is 11.3 Å². The van der Waals surface area contributed by atoms with E-state index in [2.05, 4.69) is 5.10 Å². The van der Waals surface area contributed by atoms with Crippen molar-refractivity contribution in [2.75, 3.05) is 0 Å². The van der Waals surface area contributed by atoms with Gasteiger partial charge in [-0.15, -0.1) is 0 Å². The molecule has 0 saturated heterocycles. The molecule has 3 N–H and O–H groups in total. The SMILES string of the molecule is Cc1[nH]n(-c2ccccc2)c(=O)c1CN. The smallest absolute Gasteiger partial charge is 0.275 e. The number of hydrogen-bond acceptors (Lipinski definition) is 2. The topological polar surface area (TPSA) is 63.8 Å². The third-order valence-electron chi connectivity index (χ3n) is 2.41. The van der Waals surface area contributed by atoms with E-state index < -0.39 is 0 Å². The molecule has 0 aliphatic rings. The number of aromatic amines is 1. The van der Waals surface area contributed by atoms with Crippen LogP contribution in [0.4, 0.5) is 0 Å². The van der Waals surface area contributed by atoms with Crippen LogP contribution in [0.25, 0.3) is 5.69 Å². The first-order chi connectivity index (χ1) is 7.24. The maximum atomic E-state index is 11.9. The highest BCUT2D eigenvalue weighted by Gasteiger charge is 2.09. The number of rotatable bonds is 2. The largest absolute Gasteiger partial charge is 0.326 e. The standard InChI is InChI=1S/C11H13N3O/c1-8-10(7-12)11(15)14(13-8)9-5-3-2-4-6-9/h2-6,13H,7,12H2,1H3. The predicted molar refractivity (Wildman–Crippen MR) is 59.0 cm³/mol. The van der Waals surface area contributed by atoms with Crippen molar-refractivity contribution < 1.29 is 0 Å². The van der Waals surface area contributed by atoms with E-state index >= 15 is 0 Å². The van der Waals surface area contributed by atoms with Gasteiger partial charge in [-0.05, 0) is 19.1 Å².